The Bertz CT molecular complexity index is 896. The molecule has 0 aliphatic carbocycles. The maximum Gasteiger partial charge on any atom is 0.359 e. The fourth-order valence-corrected chi connectivity index (χ4v) is 2.89. The summed E-state index contributed by atoms with van der Waals surface area (Å²) in [5.74, 6) is -0.627. The average Bonchev–Trinajstić information content (AvgIpc) is 3.30. The minimum atomic E-state index is -0.514. The molecule has 1 aromatic carbocycles. The summed E-state index contributed by atoms with van der Waals surface area (Å²) in [6.45, 7) is 2.00. The molecule has 0 amide bonds. The lowest BCUT2D eigenvalue weighted by molar-refractivity contribution is 0.0518. The predicted molar refractivity (Wildman–Crippen MR) is 97.2 cm³/mol. The summed E-state index contributed by atoms with van der Waals surface area (Å²) in [5, 5.41) is 6.17. The van der Waals surface area contributed by atoms with Gasteiger partial charge in [-0.25, -0.2) is 9.48 Å². The van der Waals surface area contributed by atoms with Crippen molar-refractivity contribution in [3.8, 4) is 5.69 Å². The largest absolute Gasteiger partial charge is 0.461 e. The van der Waals surface area contributed by atoms with Crippen LogP contribution in [0, 0.1) is 0 Å². The molecule has 0 atom stereocenters. The molecule has 0 radical (unpaired) electrons. The van der Waals surface area contributed by atoms with E-state index >= 15 is 0 Å². The van der Waals surface area contributed by atoms with Crippen molar-refractivity contribution in [3.05, 3.63) is 76.3 Å². The van der Waals surface area contributed by atoms with Crippen molar-refractivity contribution in [1.82, 2.24) is 9.78 Å². The Hall–Kier alpha value is -2.99. The van der Waals surface area contributed by atoms with Gasteiger partial charge in [-0.3, -0.25) is 4.79 Å². The maximum atomic E-state index is 12.2. The molecule has 0 bridgehead atoms. The third-order valence-corrected chi connectivity index (χ3v) is 4.29. The van der Waals surface area contributed by atoms with Gasteiger partial charge in [-0.05, 0) is 42.7 Å². The Morgan fingerprint density at radius 1 is 1.20 bits per heavy atom. The van der Waals surface area contributed by atoms with Gasteiger partial charge in [-0.15, -0.1) is 11.3 Å². The molecule has 5 nitrogen and oxygen atoms in total. The number of ketones is 1. The van der Waals surface area contributed by atoms with E-state index in [9.17, 15) is 9.59 Å². The van der Waals surface area contributed by atoms with Gasteiger partial charge in [-0.2, -0.15) is 5.10 Å². The van der Waals surface area contributed by atoms with E-state index in [-0.39, 0.29) is 18.1 Å². The van der Waals surface area contributed by atoms with Crippen LogP contribution in [0.15, 0.2) is 60.1 Å². The lowest BCUT2D eigenvalue weighted by Gasteiger charge is -2.00. The number of aromatic nitrogens is 2. The molecule has 0 saturated heterocycles. The molecule has 0 N–H and O–H groups in total. The van der Waals surface area contributed by atoms with Crippen molar-refractivity contribution in [2.24, 2.45) is 0 Å². The summed E-state index contributed by atoms with van der Waals surface area (Å²) in [6, 6.07) is 13.0. The average molecular weight is 352 g/mol. The van der Waals surface area contributed by atoms with Gasteiger partial charge in [-0.1, -0.05) is 24.3 Å². The number of carbonyl (C=O) groups excluding carboxylic acids is 2. The number of para-hydroxylation sites is 1. The first-order valence-electron chi connectivity index (χ1n) is 7.77. The van der Waals surface area contributed by atoms with Gasteiger partial charge in [0.25, 0.3) is 0 Å². The summed E-state index contributed by atoms with van der Waals surface area (Å²) in [7, 11) is 0. The van der Waals surface area contributed by atoms with Crippen molar-refractivity contribution >= 4 is 29.2 Å². The molecule has 0 spiro atoms. The standard InChI is InChI=1S/C19H16N2O3S/c1-2-24-19(23)18-14(10-11-16(22)17-9-6-12-25-17)13-21(20-18)15-7-4-3-5-8-15/h3-13H,2H2,1H3/b11-10-. The third-order valence-electron chi connectivity index (χ3n) is 3.41. The van der Waals surface area contributed by atoms with Crippen LogP contribution in [0.5, 0.6) is 0 Å². The van der Waals surface area contributed by atoms with Crippen molar-refractivity contribution in [3.63, 3.8) is 0 Å². The highest BCUT2D eigenvalue weighted by atomic mass is 32.1. The zero-order chi connectivity index (χ0) is 17.6. The molecule has 0 aliphatic heterocycles. The van der Waals surface area contributed by atoms with Gasteiger partial charge >= 0.3 is 5.97 Å². The second kappa shape index (κ2) is 7.72. The Morgan fingerprint density at radius 2 is 2.00 bits per heavy atom. The first-order valence-corrected chi connectivity index (χ1v) is 8.65. The van der Waals surface area contributed by atoms with Gasteiger partial charge in [0.2, 0.25) is 0 Å². The molecule has 2 aromatic heterocycles. The SMILES string of the molecule is CCOC(=O)c1nn(-c2ccccc2)cc1/C=C\C(=O)c1cccs1. The number of carbonyl (C=O) groups is 2. The van der Waals surface area contributed by atoms with Crippen molar-refractivity contribution in [2.45, 2.75) is 6.92 Å². The number of esters is 1. The lowest BCUT2D eigenvalue weighted by Crippen LogP contribution is -2.08. The summed E-state index contributed by atoms with van der Waals surface area (Å²) in [5.41, 5.74) is 1.53. The van der Waals surface area contributed by atoms with Crippen LogP contribution in [0.2, 0.25) is 0 Å². The number of hydrogen-bond donors (Lipinski definition) is 0. The van der Waals surface area contributed by atoms with Crippen LogP contribution in [0.4, 0.5) is 0 Å². The van der Waals surface area contributed by atoms with Crippen LogP contribution in [0.1, 0.15) is 32.6 Å². The zero-order valence-electron chi connectivity index (χ0n) is 13.6. The summed E-state index contributed by atoms with van der Waals surface area (Å²) >= 11 is 1.37. The van der Waals surface area contributed by atoms with Crippen molar-refractivity contribution in [1.29, 1.82) is 0 Å². The maximum absolute atomic E-state index is 12.2. The number of benzene rings is 1. The van der Waals surface area contributed by atoms with E-state index < -0.39 is 5.97 Å². The van der Waals surface area contributed by atoms with Crippen LogP contribution in [-0.4, -0.2) is 28.1 Å². The van der Waals surface area contributed by atoms with Crippen molar-refractivity contribution in [2.75, 3.05) is 6.61 Å². The monoisotopic (exact) mass is 352 g/mol. The minimum absolute atomic E-state index is 0.114. The van der Waals surface area contributed by atoms with E-state index in [1.165, 1.54) is 17.4 Å². The molecule has 2 heterocycles. The van der Waals surface area contributed by atoms with Crippen LogP contribution >= 0.6 is 11.3 Å². The Labute approximate surface area is 149 Å². The van der Waals surface area contributed by atoms with Gasteiger partial charge in [0.05, 0.1) is 17.2 Å². The quantitative estimate of drug-likeness (QED) is 0.382. The molecule has 3 rings (SSSR count). The number of nitrogens with zero attached hydrogens (tertiary/aromatic N) is 2. The highest BCUT2D eigenvalue weighted by Crippen LogP contribution is 2.17. The third kappa shape index (κ3) is 3.92. The molecule has 0 saturated carbocycles. The second-order valence-electron chi connectivity index (χ2n) is 5.11. The Balaban J connectivity index is 1.94. The van der Waals surface area contributed by atoms with Crippen LogP contribution in [0.3, 0.4) is 0 Å². The molecule has 0 fully saturated rings. The molecular weight excluding hydrogens is 336 g/mol. The molecule has 0 aliphatic rings. The number of hydrogen-bond acceptors (Lipinski definition) is 5. The zero-order valence-corrected chi connectivity index (χ0v) is 14.4. The summed E-state index contributed by atoms with van der Waals surface area (Å²) in [6.07, 6.45) is 4.75. The molecule has 3 aromatic rings. The second-order valence-corrected chi connectivity index (χ2v) is 6.06. The molecule has 0 unspecified atom stereocenters. The molecular formula is C19H16N2O3S. The fraction of sp³-hybridized carbons (Fsp3) is 0.105. The summed E-state index contributed by atoms with van der Waals surface area (Å²) < 4.78 is 6.66. The van der Waals surface area contributed by atoms with E-state index in [0.29, 0.717) is 10.4 Å². The van der Waals surface area contributed by atoms with Gasteiger partial charge in [0.15, 0.2) is 11.5 Å². The highest BCUT2D eigenvalue weighted by molar-refractivity contribution is 7.12. The van der Waals surface area contributed by atoms with Gasteiger partial charge in [0.1, 0.15) is 0 Å². The smallest absolute Gasteiger partial charge is 0.359 e. The van der Waals surface area contributed by atoms with Crippen molar-refractivity contribution < 1.29 is 14.3 Å². The first kappa shape index (κ1) is 16.9. The Morgan fingerprint density at radius 3 is 2.68 bits per heavy atom. The minimum Gasteiger partial charge on any atom is -0.461 e. The Kier molecular flexibility index (Phi) is 5.20. The van der Waals surface area contributed by atoms with Crippen LogP contribution in [-0.2, 0) is 4.74 Å². The molecule has 126 valence electrons. The normalized spacial score (nSPS) is 10.9. The number of rotatable bonds is 6. The number of allylic oxidation sites excluding steroid dienone is 1. The number of ether oxygens (including phenoxy) is 1. The lowest BCUT2D eigenvalue weighted by atomic mass is 10.2. The highest BCUT2D eigenvalue weighted by Gasteiger charge is 2.17. The summed E-state index contributed by atoms with van der Waals surface area (Å²) in [4.78, 5) is 25.0. The van der Waals surface area contributed by atoms with Crippen LogP contribution in [0.25, 0.3) is 11.8 Å². The molecule has 6 heteroatoms. The van der Waals surface area contributed by atoms with E-state index in [1.54, 1.807) is 29.9 Å². The van der Waals surface area contributed by atoms with E-state index in [0.717, 1.165) is 5.69 Å². The fourth-order valence-electron chi connectivity index (χ4n) is 2.25. The van der Waals surface area contributed by atoms with Gasteiger partial charge < -0.3 is 4.74 Å². The van der Waals surface area contributed by atoms with Crippen LogP contribution < -0.4 is 0 Å². The topological polar surface area (TPSA) is 61.2 Å². The van der Waals surface area contributed by atoms with E-state index in [1.807, 2.05) is 41.8 Å². The van der Waals surface area contributed by atoms with Gasteiger partial charge in [0, 0.05) is 11.8 Å². The predicted octanol–water partition coefficient (Wildman–Crippen LogP) is 4.01. The first-order chi connectivity index (χ1) is 12.2. The van der Waals surface area contributed by atoms with E-state index in [2.05, 4.69) is 5.10 Å². The number of thiophene rings is 1. The van der Waals surface area contributed by atoms with E-state index in [4.69, 9.17) is 4.74 Å². The molecule has 25 heavy (non-hydrogen) atoms.